The van der Waals surface area contributed by atoms with Crippen molar-refractivity contribution in [2.45, 2.75) is 6.54 Å². The van der Waals surface area contributed by atoms with E-state index in [9.17, 15) is 8.42 Å². The summed E-state index contributed by atoms with van der Waals surface area (Å²) in [6.07, 6.45) is 1.66. The zero-order valence-corrected chi connectivity index (χ0v) is 12.0. The van der Waals surface area contributed by atoms with Crippen molar-refractivity contribution in [1.29, 1.82) is 0 Å². The lowest BCUT2D eigenvalue weighted by molar-refractivity contribution is 0.287. The zero-order chi connectivity index (χ0) is 14.0. The molecule has 20 heavy (non-hydrogen) atoms. The molecule has 3 rings (SSSR count). The Morgan fingerprint density at radius 2 is 1.75 bits per heavy atom. The molecule has 1 aliphatic rings. The van der Waals surface area contributed by atoms with Gasteiger partial charge in [-0.05, 0) is 17.7 Å². The Labute approximate surface area is 118 Å². The number of hydrogen-bond acceptors (Lipinski definition) is 4. The summed E-state index contributed by atoms with van der Waals surface area (Å²) < 4.78 is 28.1. The van der Waals surface area contributed by atoms with Crippen molar-refractivity contribution in [2.24, 2.45) is 0 Å². The predicted octanol–water partition coefficient (Wildman–Crippen LogP) is 2.18. The molecule has 0 spiro atoms. The van der Waals surface area contributed by atoms with E-state index in [0.717, 1.165) is 17.9 Å². The van der Waals surface area contributed by atoms with E-state index in [0.29, 0.717) is 13.1 Å². The van der Waals surface area contributed by atoms with Crippen LogP contribution in [0.4, 0.5) is 0 Å². The second-order valence-corrected chi connectivity index (χ2v) is 7.41. The van der Waals surface area contributed by atoms with Gasteiger partial charge in [-0.1, -0.05) is 24.3 Å². The van der Waals surface area contributed by atoms with Crippen LogP contribution in [0.3, 0.4) is 0 Å². The molecule has 0 N–H and O–H groups in total. The summed E-state index contributed by atoms with van der Waals surface area (Å²) in [5, 5.41) is 0. The van der Waals surface area contributed by atoms with Crippen LogP contribution in [0, 0.1) is 0 Å². The van der Waals surface area contributed by atoms with Crippen LogP contribution in [-0.2, 0) is 16.4 Å². The van der Waals surface area contributed by atoms with Gasteiger partial charge in [-0.15, -0.1) is 0 Å². The smallest absolute Gasteiger partial charge is 0.152 e. The van der Waals surface area contributed by atoms with Crippen LogP contribution < -0.4 is 0 Å². The van der Waals surface area contributed by atoms with Crippen molar-refractivity contribution in [3.8, 4) is 11.3 Å². The monoisotopic (exact) mass is 291 g/mol. The molecule has 2 aromatic rings. The molecule has 0 amide bonds. The Balaban J connectivity index is 1.64. The summed E-state index contributed by atoms with van der Waals surface area (Å²) >= 11 is 0. The van der Waals surface area contributed by atoms with E-state index < -0.39 is 9.84 Å². The maximum Gasteiger partial charge on any atom is 0.152 e. The highest BCUT2D eigenvalue weighted by atomic mass is 32.2. The Hall–Kier alpha value is -1.59. The Bertz CT molecular complexity index is 646. The van der Waals surface area contributed by atoms with Gasteiger partial charge < -0.3 is 4.42 Å². The standard InChI is InChI=1S/C15H17NO3S/c17-20(18)10-7-16(8-11-20)12-13-3-5-14(6-4-13)15-2-1-9-19-15/h1-6,9H,7-8,10-12H2. The van der Waals surface area contributed by atoms with Gasteiger partial charge in [0.15, 0.2) is 9.84 Å². The van der Waals surface area contributed by atoms with Gasteiger partial charge in [0.05, 0.1) is 17.8 Å². The van der Waals surface area contributed by atoms with E-state index >= 15 is 0 Å². The van der Waals surface area contributed by atoms with Gasteiger partial charge in [0.2, 0.25) is 0 Å². The molecular weight excluding hydrogens is 274 g/mol. The van der Waals surface area contributed by atoms with Crippen molar-refractivity contribution in [1.82, 2.24) is 4.90 Å². The molecule has 0 saturated carbocycles. The van der Waals surface area contributed by atoms with Gasteiger partial charge in [-0.2, -0.15) is 0 Å². The summed E-state index contributed by atoms with van der Waals surface area (Å²) in [4.78, 5) is 2.18. The third kappa shape index (κ3) is 3.11. The molecule has 1 aromatic carbocycles. The van der Waals surface area contributed by atoms with Crippen molar-refractivity contribution in [3.05, 3.63) is 48.2 Å². The number of furan rings is 1. The van der Waals surface area contributed by atoms with E-state index in [-0.39, 0.29) is 11.5 Å². The molecule has 0 atom stereocenters. The average molecular weight is 291 g/mol. The van der Waals surface area contributed by atoms with Crippen LogP contribution in [0.25, 0.3) is 11.3 Å². The summed E-state index contributed by atoms with van der Waals surface area (Å²) in [7, 11) is -2.80. The van der Waals surface area contributed by atoms with Crippen molar-refractivity contribution in [2.75, 3.05) is 24.6 Å². The van der Waals surface area contributed by atoms with Crippen molar-refractivity contribution >= 4 is 9.84 Å². The molecular formula is C15H17NO3S. The van der Waals surface area contributed by atoms with Gasteiger partial charge in [-0.25, -0.2) is 8.42 Å². The third-order valence-corrected chi connectivity index (χ3v) is 5.21. The second kappa shape index (κ2) is 5.42. The lowest BCUT2D eigenvalue weighted by atomic mass is 10.1. The molecule has 1 aliphatic heterocycles. The minimum atomic E-state index is -2.80. The van der Waals surface area contributed by atoms with Crippen LogP contribution in [-0.4, -0.2) is 37.9 Å². The highest BCUT2D eigenvalue weighted by Gasteiger charge is 2.21. The van der Waals surface area contributed by atoms with Gasteiger partial charge >= 0.3 is 0 Å². The van der Waals surface area contributed by atoms with E-state index in [4.69, 9.17) is 4.42 Å². The number of hydrogen-bond donors (Lipinski definition) is 0. The quantitative estimate of drug-likeness (QED) is 0.869. The maximum absolute atomic E-state index is 11.4. The Kier molecular flexibility index (Phi) is 3.63. The highest BCUT2D eigenvalue weighted by molar-refractivity contribution is 7.91. The van der Waals surface area contributed by atoms with E-state index in [1.165, 1.54) is 5.56 Å². The first-order valence-electron chi connectivity index (χ1n) is 6.68. The van der Waals surface area contributed by atoms with Crippen LogP contribution in [0.5, 0.6) is 0 Å². The van der Waals surface area contributed by atoms with E-state index in [2.05, 4.69) is 17.0 Å². The van der Waals surface area contributed by atoms with Gasteiger partial charge in [-0.3, -0.25) is 4.90 Å². The fourth-order valence-electron chi connectivity index (χ4n) is 2.38. The molecule has 1 fully saturated rings. The second-order valence-electron chi connectivity index (χ2n) is 5.10. The normalized spacial score (nSPS) is 19.0. The van der Waals surface area contributed by atoms with Gasteiger partial charge in [0, 0.05) is 25.2 Å². The third-order valence-electron chi connectivity index (χ3n) is 3.60. The molecule has 1 aromatic heterocycles. The van der Waals surface area contributed by atoms with E-state index in [1.807, 2.05) is 24.3 Å². The molecule has 5 heteroatoms. The summed E-state index contributed by atoms with van der Waals surface area (Å²) in [6.45, 7) is 2.05. The van der Waals surface area contributed by atoms with Crippen LogP contribution in [0.15, 0.2) is 47.1 Å². The SMILES string of the molecule is O=S1(=O)CCN(Cc2ccc(-c3ccco3)cc2)CC1. The molecule has 0 bridgehead atoms. The zero-order valence-electron chi connectivity index (χ0n) is 11.2. The largest absolute Gasteiger partial charge is 0.464 e. The van der Waals surface area contributed by atoms with Gasteiger partial charge in [0.25, 0.3) is 0 Å². The number of benzene rings is 1. The summed E-state index contributed by atoms with van der Waals surface area (Å²) in [6, 6.07) is 12.0. The lowest BCUT2D eigenvalue weighted by Crippen LogP contribution is -2.39. The molecule has 4 nitrogen and oxygen atoms in total. The fraction of sp³-hybridized carbons (Fsp3) is 0.333. The predicted molar refractivity (Wildman–Crippen MR) is 78.1 cm³/mol. The number of sulfone groups is 1. The van der Waals surface area contributed by atoms with Crippen LogP contribution in [0.1, 0.15) is 5.56 Å². The first-order chi connectivity index (χ1) is 9.62. The van der Waals surface area contributed by atoms with E-state index in [1.54, 1.807) is 6.26 Å². The summed E-state index contributed by atoms with van der Waals surface area (Å²) in [5.74, 6) is 1.41. The lowest BCUT2D eigenvalue weighted by Gasteiger charge is -2.26. The molecule has 0 aliphatic carbocycles. The van der Waals surface area contributed by atoms with Crippen LogP contribution in [0.2, 0.25) is 0 Å². The maximum atomic E-state index is 11.4. The molecule has 106 valence electrons. The Morgan fingerprint density at radius 1 is 1.05 bits per heavy atom. The minimum Gasteiger partial charge on any atom is -0.464 e. The molecule has 0 unspecified atom stereocenters. The first kappa shape index (κ1) is 13.4. The van der Waals surface area contributed by atoms with Crippen molar-refractivity contribution < 1.29 is 12.8 Å². The molecule has 2 heterocycles. The highest BCUT2D eigenvalue weighted by Crippen LogP contribution is 2.20. The summed E-state index contributed by atoms with van der Waals surface area (Å²) in [5.41, 5.74) is 2.25. The Morgan fingerprint density at radius 3 is 2.35 bits per heavy atom. The topological polar surface area (TPSA) is 50.5 Å². The first-order valence-corrected chi connectivity index (χ1v) is 8.50. The molecule has 1 saturated heterocycles. The molecule has 0 radical (unpaired) electrons. The van der Waals surface area contributed by atoms with Crippen LogP contribution >= 0.6 is 0 Å². The minimum absolute atomic E-state index is 0.275. The van der Waals surface area contributed by atoms with Crippen molar-refractivity contribution in [3.63, 3.8) is 0 Å². The average Bonchev–Trinajstić information content (AvgIpc) is 2.96. The number of rotatable bonds is 3. The number of nitrogens with zero attached hydrogens (tertiary/aromatic N) is 1. The van der Waals surface area contributed by atoms with Gasteiger partial charge in [0.1, 0.15) is 5.76 Å². The fourth-order valence-corrected chi connectivity index (χ4v) is 3.66.